The molecular weight excluding hydrogens is 320 g/mol. The maximum atomic E-state index is 12.4. The highest BCUT2D eigenvalue weighted by molar-refractivity contribution is 7.89. The zero-order valence-electron chi connectivity index (χ0n) is 14.6. The van der Waals surface area contributed by atoms with E-state index in [0.29, 0.717) is 17.4 Å². The molecule has 0 saturated carbocycles. The van der Waals surface area contributed by atoms with Crippen LogP contribution in [0.15, 0.2) is 59.5 Å². The van der Waals surface area contributed by atoms with E-state index in [4.69, 9.17) is 0 Å². The first-order valence-electron chi connectivity index (χ1n) is 8.19. The number of sulfonamides is 1. The summed E-state index contributed by atoms with van der Waals surface area (Å²) < 4.78 is 26.0. The molecule has 130 valence electrons. The molecule has 2 rings (SSSR count). The fourth-order valence-corrected chi connectivity index (χ4v) is 3.70. The van der Waals surface area contributed by atoms with Crippen LogP contribution in [0.4, 0.5) is 0 Å². The van der Waals surface area contributed by atoms with Crippen LogP contribution in [0.5, 0.6) is 0 Å². The van der Waals surface area contributed by atoms with Crippen molar-refractivity contribution >= 4 is 10.0 Å². The second-order valence-corrected chi connectivity index (χ2v) is 8.29. The molecule has 24 heavy (non-hydrogen) atoms. The van der Waals surface area contributed by atoms with Gasteiger partial charge < -0.3 is 5.32 Å². The highest BCUT2D eigenvalue weighted by Crippen LogP contribution is 2.19. The molecule has 2 aromatic carbocycles. The van der Waals surface area contributed by atoms with E-state index in [9.17, 15) is 8.42 Å². The first kappa shape index (κ1) is 18.6. The van der Waals surface area contributed by atoms with E-state index in [1.54, 1.807) is 26.2 Å². The Bertz CT molecular complexity index is 743. The average Bonchev–Trinajstić information content (AvgIpc) is 2.59. The lowest BCUT2D eigenvalue weighted by Crippen LogP contribution is -2.25. The molecular formula is C19H26N2O2S. The highest BCUT2D eigenvalue weighted by Gasteiger charge is 2.20. The van der Waals surface area contributed by atoms with Crippen molar-refractivity contribution < 1.29 is 8.42 Å². The summed E-state index contributed by atoms with van der Waals surface area (Å²) in [5.41, 5.74) is 2.13. The summed E-state index contributed by atoms with van der Waals surface area (Å²) in [5.74, 6) is 0.472. The molecule has 1 atom stereocenters. The third kappa shape index (κ3) is 4.66. The highest BCUT2D eigenvalue weighted by atomic mass is 32.2. The average molecular weight is 346 g/mol. The number of hydrogen-bond donors (Lipinski definition) is 1. The second-order valence-electron chi connectivity index (χ2n) is 6.17. The van der Waals surface area contributed by atoms with E-state index in [2.05, 4.69) is 36.5 Å². The summed E-state index contributed by atoms with van der Waals surface area (Å²) in [6.45, 7) is 3.60. The zero-order chi connectivity index (χ0) is 17.6. The molecule has 0 aliphatic heterocycles. The van der Waals surface area contributed by atoms with Crippen LogP contribution in [0, 0.1) is 0 Å². The Hall–Kier alpha value is -1.69. The van der Waals surface area contributed by atoms with Crippen molar-refractivity contribution in [3.05, 3.63) is 65.7 Å². The van der Waals surface area contributed by atoms with Crippen LogP contribution in [-0.2, 0) is 16.6 Å². The Morgan fingerprint density at radius 2 is 1.62 bits per heavy atom. The molecule has 0 aromatic heterocycles. The molecule has 0 fully saturated rings. The normalized spacial score (nSPS) is 13.2. The quantitative estimate of drug-likeness (QED) is 0.747. The van der Waals surface area contributed by atoms with E-state index in [0.717, 1.165) is 18.5 Å². The van der Waals surface area contributed by atoms with Gasteiger partial charge in [-0.15, -0.1) is 0 Å². The van der Waals surface area contributed by atoms with Gasteiger partial charge in [-0.3, -0.25) is 0 Å². The minimum Gasteiger partial charge on any atom is -0.313 e. The van der Waals surface area contributed by atoms with Crippen LogP contribution >= 0.6 is 0 Å². The number of nitrogens with one attached hydrogen (secondary N) is 1. The largest absolute Gasteiger partial charge is 0.313 e. The van der Waals surface area contributed by atoms with Gasteiger partial charge >= 0.3 is 0 Å². The Morgan fingerprint density at radius 1 is 1.00 bits per heavy atom. The predicted octanol–water partition coefficient (Wildman–Crippen LogP) is 3.22. The van der Waals surface area contributed by atoms with Crippen molar-refractivity contribution in [3.8, 4) is 0 Å². The third-order valence-corrected chi connectivity index (χ3v) is 6.08. The molecule has 1 N–H and O–H groups in total. The van der Waals surface area contributed by atoms with Crippen molar-refractivity contribution in [2.75, 3.05) is 20.6 Å². The summed E-state index contributed by atoms with van der Waals surface area (Å²) >= 11 is 0. The van der Waals surface area contributed by atoms with Gasteiger partial charge in [-0.25, -0.2) is 12.7 Å². The van der Waals surface area contributed by atoms with Gasteiger partial charge in [0.25, 0.3) is 0 Å². The first-order valence-corrected chi connectivity index (χ1v) is 9.63. The molecule has 0 bridgehead atoms. The molecule has 2 aromatic rings. The number of benzene rings is 2. The summed E-state index contributed by atoms with van der Waals surface area (Å²) in [4.78, 5) is 0.374. The summed E-state index contributed by atoms with van der Waals surface area (Å²) in [6.07, 6.45) is 1.01. The van der Waals surface area contributed by atoms with E-state index in [1.165, 1.54) is 9.87 Å². The number of rotatable bonds is 8. The van der Waals surface area contributed by atoms with E-state index < -0.39 is 10.0 Å². The Labute approximate surface area is 145 Å². The molecule has 0 saturated heterocycles. The Balaban J connectivity index is 1.94. The van der Waals surface area contributed by atoms with Gasteiger partial charge in [-0.05, 0) is 36.1 Å². The maximum Gasteiger partial charge on any atom is 0.242 e. The lowest BCUT2D eigenvalue weighted by Gasteiger charge is -2.16. The SMILES string of the molecule is CC(CCNCc1ccccc1S(=O)(=O)N(C)C)c1ccccc1. The van der Waals surface area contributed by atoms with Crippen LogP contribution < -0.4 is 5.32 Å². The van der Waals surface area contributed by atoms with E-state index in [-0.39, 0.29) is 0 Å². The molecule has 0 aliphatic rings. The molecule has 5 heteroatoms. The molecule has 0 amide bonds. The Kier molecular flexibility index (Phi) is 6.54. The molecule has 1 unspecified atom stereocenters. The van der Waals surface area contributed by atoms with Crippen molar-refractivity contribution in [2.45, 2.75) is 30.7 Å². The van der Waals surface area contributed by atoms with Crippen molar-refractivity contribution in [3.63, 3.8) is 0 Å². The van der Waals surface area contributed by atoms with Gasteiger partial charge in [0.2, 0.25) is 10.0 Å². The van der Waals surface area contributed by atoms with Crippen LogP contribution in [0.2, 0.25) is 0 Å². The minimum absolute atomic E-state index is 0.374. The van der Waals surface area contributed by atoms with Crippen LogP contribution in [0.25, 0.3) is 0 Å². The van der Waals surface area contributed by atoms with Crippen molar-refractivity contribution in [2.24, 2.45) is 0 Å². The number of hydrogen-bond acceptors (Lipinski definition) is 3. The molecule has 0 heterocycles. The molecule has 0 aliphatic carbocycles. The maximum absolute atomic E-state index is 12.4. The Morgan fingerprint density at radius 3 is 2.29 bits per heavy atom. The van der Waals surface area contributed by atoms with Gasteiger partial charge in [-0.1, -0.05) is 55.5 Å². The third-order valence-electron chi connectivity index (χ3n) is 4.17. The molecule has 0 radical (unpaired) electrons. The summed E-state index contributed by atoms with van der Waals surface area (Å²) in [6, 6.07) is 17.6. The van der Waals surface area contributed by atoms with Gasteiger partial charge in [0.1, 0.15) is 0 Å². The van der Waals surface area contributed by atoms with E-state index in [1.807, 2.05) is 18.2 Å². The van der Waals surface area contributed by atoms with E-state index >= 15 is 0 Å². The summed E-state index contributed by atoms with van der Waals surface area (Å²) in [5, 5.41) is 3.37. The van der Waals surface area contributed by atoms with Crippen LogP contribution in [0.1, 0.15) is 30.4 Å². The van der Waals surface area contributed by atoms with Crippen molar-refractivity contribution in [1.29, 1.82) is 0 Å². The monoisotopic (exact) mass is 346 g/mol. The van der Waals surface area contributed by atoms with Gasteiger partial charge in [0, 0.05) is 20.6 Å². The first-order chi connectivity index (χ1) is 11.4. The predicted molar refractivity (Wildman–Crippen MR) is 98.5 cm³/mol. The van der Waals surface area contributed by atoms with Gasteiger partial charge in [0.15, 0.2) is 0 Å². The van der Waals surface area contributed by atoms with Gasteiger partial charge in [-0.2, -0.15) is 0 Å². The lowest BCUT2D eigenvalue weighted by atomic mass is 9.98. The van der Waals surface area contributed by atoms with Crippen LogP contribution in [-0.4, -0.2) is 33.4 Å². The fourth-order valence-electron chi connectivity index (χ4n) is 2.59. The standard InChI is InChI=1S/C19H26N2O2S/c1-16(17-9-5-4-6-10-17)13-14-20-15-18-11-7-8-12-19(18)24(22,23)21(2)3/h4-12,16,20H,13-15H2,1-3H3. The van der Waals surface area contributed by atoms with Gasteiger partial charge in [0.05, 0.1) is 4.90 Å². The summed E-state index contributed by atoms with van der Waals surface area (Å²) in [7, 11) is -0.297. The van der Waals surface area contributed by atoms with Crippen molar-refractivity contribution in [1.82, 2.24) is 9.62 Å². The second kappa shape index (κ2) is 8.42. The molecule has 4 nitrogen and oxygen atoms in total. The van der Waals surface area contributed by atoms with Crippen LogP contribution in [0.3, 0.4) is 0 Å². The smallest absolute Gasteiger partial charge is 0.242 e. The fraction of sp³-hybridized carbons (Fsp3) is 0.368. The topological polar surface area (TPSA) is 49.4 Å². The minimum atomic E-state index is -3.41. The lowest BCUT2D eigenvalue weighted by molar-refractivity contribution is 0.518. The molecule has 0 spiro atoms. The zero-order valence-corrected chi connectivity index (χ0v) is 15.4. The number of nitrogens with zero attached hydrogens (tertiary/aromatic N) is 1.